The molecule has 31 heavy (non-hydrogen) atoms. The summed E-state index contributed by atoms with van der Waals surface area (Å²) in [6.45, 7) is -0.246. The van der Waals surface area contributed by atoms with Crippen LogP contribution in [0.3, 0.4) is 0 Å². The van der Waals surface area contributed by atoms with Gasteiger partial charge in [-0.3, -0.25) is 4.79 Å². The molecule has 0 saturated carbocycles. The Kier molecular flexibility index (Phi) is 7.58. The fourth-order valence-corrected chi connectivity index (χ4v) is 4.20. The van der Waals surface area contributed by atoms with E-state index in [0.717, 1.165) is 9.87 Å². The van der Waals surface area contributed by atoms with E-state index < -0.39 is 15.9 Å². The van der Waals surface area contributed by atoms with Crippen LogP contribution in [0.15, 0.2) is 87.4 Å². The van der Waals surface area contributed by atoms with Crippen molar-refractivity contribution in [2.45, 2.75) is 11.3 Å². The average molecular weight is 442 g/mol. The molecule has 162 valence electrons. The molecule has 0 bridgehead atoms. The monoisotopic (exact) mass is 441 g/mol. The SMILES string of the molecule is COc1ccc(S(=O)(=O)N(CCc2ccccc2)CC(=O)N/N=C\c2ccco2)cc1. The molecule has 0 aliphatic heterocycles. The lowest BCUT2D eigenvalue weighted by Crippen LogP contribution is -2.40. The van der Waals surface area contributed by atoms with Gasteiger partial charge in [0.1, 0.15) is 11.5 Å². The molecule has 0 aliphatic rings. The van der Waals surface area contributed by atoms with E-state index in [0.29, 0.717) is 17.9 Å². The molecule has 0 aliphatic carbocycles. The second-order valence-corrected chi connectivity index (χ2v) is 8.50. The lowest BCUT2D eigenvalue weighted by Gasteiger charge is -2.21. The van der Waals surface area contributed by atoms with Gasteiger partial charge in [-0.2, -0.15) is 9.41 Å². The summed E-state index contributed by atoms with van der Waals surface area (Å²) in [7, 11) is -2.41. The minimum Gasteiger partial charge on any atom is -0.497 e. The van der Waals surface area contributed by atoms with Crippen LogP contribution in [0.5, 0.6) is 5.75 Å². The standard InChI is InChI=1S/C22H23N3O5S/c1-29-19-9-11-21(12-10-19)31(27,28)25(14-13-18-6-3-2-4-7-18)17-22(26)24-23-16-20-8-5-15-30-20/h2-12,15-16H,13-14,17H2,1H3,(H,24,26)/b23-16-. The highest BCUT2D eigenvalue weighted by atomic mass is 32.2. The van der Waals surface area contributed by atoms with Gasteiger partial charge in [-0.05, 0) is 48.4 Å². The summed E-state index contributed by atoms with van der Waals surface area (Å²) in [5.41, 5.74) is 3.30. The molecule has 0 fully saturated rings. The zero-order chi connectivity index (χ0) is 22.1. The molecule has 3 aromatic rings. The largest absolute Gasteiger partial charge is 0.497 e. The maximum Gasteiger partial charge on any atom is 0.255 e. The molecule has 3 rings (SSSR count). The maximum absolute atomic E-state index is 13.2. The third-order valence-corrected chi connectivity index (χ3v) is 6.29. The van der Waals surface area contributed by atoms with E-state index in [1.807, 2.05) is 30.3 Å². The van der Waals surface area contributed by atoms with Gasteiger partial charge in [0, 0.05) is 6.54 Å². The van der Waals surface area contributed by atoms with Gasteiger partial charge in [-0.25, -0.2) is 13.8 Å². The Morgan fingerprint density at radius 2 is 1.84 bits per heavy atom. The van der Waals surface area contributed by atoms with Crippen molar-refractivity contribution in [2.24, 2.45) is 5.10 Å². The predicted octanol–water partition coefficient (Wildman–Crippen LogP) is 2.67. The van der Waals surface area contributed by atoms with Crippen molar-refractivity contribution in [1.82, 2.24) is 9.73 Å². The van der Waals surface area contributed by atoms with Crippen LogP contribution in [0.1, 0.15) is 11.3 Å². The number of amides is 1. The molecule has 2 aromatic carbocycles. The van der Waals surface area contributed by atoms with Crippen LogP contribution in [-0.4, -0.2) is 45.0 Å². The number of rotatable bonds is 10. The van der Waals surface area contributed by atoms with Crippen molar-refractivity contribution in [2.75, 3.05) is 20.2 Å². The van der Waals surface area contributed by atoms with Crippen molar-refractivity contribution in [3.05, 3.63) is 84.3 Å². The fraction of sp³-hybridized carbons (Fsp3) is 0.182. The van der Waals surface area contributed by atoms with Crippen molar-refractivity contribution in [3.63, 3.8) is 0 Å². The van der Waals surface area contributed by atoms with E-state index in [1.54, 1.807) is 24.3 Å². The van der Waals surface area contributed by atoms with E-state index in [-0.39, 0.29) is 18.0 Å². The van der Waals surface area contributed by atoms with Crippen LogP contribution >= 0.6 is 0 Å². The number of nitrogens with one attached hydrogen (secondary N) is 1. The number of benzene rings is 2. The van der Waals surface area contributed by atoms with E-state index in [1.165, 1.54) is 31.7 Å². The number of carbonyl (C=O) groups is 1. The van der Waals surface area contributed by atoms with E-state index in [2.05, 4.69) is 10.5 Å². The molecule has 0 saturated heterocycles. The summed E-state index contributed by atoms with van der Waals surface area (Å²) in [5.74, 6) is 0.444. The first-order valence-electron chi connectivity index (χ1n) is 9.52. The third kappa shape index (κ3) is 6.27. The number of hydrogen-bond acceptors (Lipinski definition) is 6. The number of hydrogen-bond donors (Lipinski definition) is 1. The number of hydrazone groups is 1. The zero-order valence-electron chi connectivity index (χ0n) is 17.0. The van der Waals surface area contributed by atoms with Crippen LogP contribution in [0.2, 0.25) is 0 Å². The van der Waals surface area contributed by atoms with Gasteiger partial charge in [-0.15, -0.1) is 0 Å². The lowest BCUT2D eigenvalue weighted by atomic mass is 10.1. The van der Waals surface area contributed by atoms with Gasteiger partial charge in [0.25, 0.3) is 5.91 Å². The number of ether oxygens (including phenoxy) is 1. The van der Waals surface area contributed by atoms with Crippen LogP contribution < -0.4 is 10.2 Å². The van der Waals surface area contributed by atoms with Gasteiger partial charge in [0.2, 0.25) is 10.0 Å². The molecule has 8 nitrogen and oxygen atoms in total. The van der Waals surface area contributed by atoms with Crippen LogP contribution in [-0.2, 0) is 21.2 Å². The predicted molar refractivity (Wildman–Crippen MR) is 116 cm³/mol. The maximum atomic E-state index is 13.2. The molecular formula is C22H23N3O5S. The van der Waals surface area contributed by atoms with Gasteiger partial charge in [0.15, 0.2) is 0 Å². The summed E-state index contributed by atoms with van der Waals surface area (Å²) < 4.78 is 37.7. The van der Waals surface area contributed by atoms with Crippen LogP contribution in [0.4, 0.5) is 0 Å². The molecule has 1 N–H and O–H groups in total. The Morgan fingerprint density at radius 1 is 1.10 bits per heavy atom. The first-order valence-corrected chi connectivity index (χ1v) is 11.0. The summed E-state index contributed by atoms with van der Waals surface area (Å²) >= 11 is 0. The van der Waals surface area contributed by atoms with E-state index >= 15 is 0 Å². The van der Waals surface area contributed by atoms with Crippen molar-refractivity contribution in [3.8, 4) is 5.75 Å². The highest BCUT2D eigenvalue weighted by molar-refractivity contribution is 7.89. The molecule has 1 heterocycles. The molecule has 0 radical (unpaired) electrons. The second-order valence-electron chi connectivity index (χ2n) is 6.56. The molecular weight excluding hydrogens is 418 g/mol. The molecule has 0 spiro atoms. The van der Waals surface area contributed by atoms with Gasteiger partial charge in [-0.1, -0.05) is 30.3 Å². The van der Waals surface area contributed by atoms with Crippen molar-refractivity contribution in [1.29, 1.82) is 0 Å². The summed E-state index contributed by atoms with van der Waals surface area (Å²) in [4.78, 5) is 12.5. The van der Waals surface area contributed by atoms with Crippen LogP contribution in [0.25, 0.3) is 0 Å². The van der Waals surface area contributed by atoms with Gasteiger partial charge < -0.3 is 9.15 Å². The lowest BCUT2D eigenvalue weighted by molar-refractivity contribution is -0.121. The smallest absolute Gasteiger partial charge is 0.255 e. The number of carbonyl (C=O) groups excluding carboxylic acids is 1. The minimum absolute atomic E-state index is 0.0771. The quantitative estimate of drug-likeness (QED) is 0.385. The number of methoxy groups -OCH3 is 1. The van der Waals surface area contributed by atoms with Gasteiger partial charge in [0.05, 0.1) is 31.0 Å². The first kappa shape index (κ1) is 22.3. The van der Waals surface area contributed by atoms with Gasteiger partial charge >= 0.3 is 0 Å². The zero-order valence-corrected chi connectivity index (χ0v) is 17.8. The number of nitrogens with zero attached hydrogens (tertiary/aromatic N) is 2. The fourth-order valence-electron chi connectivity index (χ4n) is 2.81. The first-order chi connectivity index (χ1) is 15.0. The molecule has 1 aromatic heterocycles. The topological polar surface area (TPSA) is 101 Å². The second kappa shape index (κ2) is 10.6. The summed E-state index contributed by atoms with van der Waals surface area (Å²) in [6.07, 6.45) is 3.28. The Labute approximate surface area is 181 Å². The van der Waals surface area contributed by atoms with Crippen LogP contribution in [0, 0.1) is 0 Å². The van der Waals surface area contributed by atoms with Crippen molar-refractivity contribution < 1.29 is 22.4 Å². The molecule has 0 unspecified atom stereocenters. The van der Waals surface area contributed by atoms with E-state index in [4.69, 9.17) is 9.15 Å². The minimum atomic E-state index is -3.91. The Morgan fingerprint density at radius 3 is 2.48 bits per heavy atom. The molecule has 1 amide bonds. The van der Waals surface area contributed by atoms with Crippen molar-refractivity contribution >= 4 is 22.1 Å². The number of sulfonamides is 1. The summed E-state index contributed by atoms with van der Waals surface area (Å²) in [6, 6.07) is 18.9. The van der Waals surface area contributed by atoms with E-state index in [9.17, 15) is 13.2 Å². The molecule has 9 heteroatoms. The Hall–Kier alpha value is -3.43. The Balaban J connectivity index is 1.74. The summed E-state index contributed by atoms with van der Waals surface area (Å²) in [5, 5.41) is 3.81. The third-order valence-electron chi connectivity index (χ3n) is 4.43. The number of furan rings is 1. The molecule has 0 atom stereocenters. The highest BCUT2D eigenvalue weighted by Crippen LogP contribution is 2.20. The average Bonchev–Trinajstić information content (AvgIpc) is 3.31. The highest BCUT2D eigenvalue weighted by Gasteiger charge is 2.26. The Bertz CT molecular complexity index is 1100. The normalized spacial score (nSPS) is 11.7.